The zero-order valence-electron chi connectivity index (χ0n) is 6.04. The number of Topliss-reactive ketones (excluding diaryl/α,β-unsaturated/α-hetero) is 1. The van der Waals surface area contributed by atoms with Crippen molar-refractivity contribution in [3.05, 3.63) is 0 Å². The molecule has 1 aliphatic rings. The first-order chi connectivity index (χ1) is 4.68. The maximum atomic E-state index is 10.5. The molecule has 1 rings (SSSR count). The molecule has 0 aliphatic heterocycles. The van der Waals surface area contributed by atoms with Gasteiger partial charge in [-0.2, -0.15) is 11.8 Å². The SMILES string of the molecule is CC(O)CSC1CC(=O)C1. The van der Waals surface area contributed by atoms with Gasteiger partial charge in [0.2, 0.25) is 0 Å². The van der Waals surface area contributed by atoms with Gasteiger partial charge < -0.3 is 5.11 Å². The van der Waals surface area contributed by atoms with Crippen LogP contribution in [0, 0.1) is 0 Å². The highest BCUT2D eigenvalue weighted by Gasteiger charge is 2.26. The van der Waals surface area contributed by atoms with Crippen molar-refractivity contribution in [2.24, 2.45) is 0 Å². The zero-order chi connectivity index (χ0) is 7.56. The second-order valence-electron chi connectivity index (χ2n) is 2.75. The summed E-state index contributed by atoms with van der Waals surface area (Å²) >= 11 is 1.70. The molecule has 0 aromatic rings. The Labute approximate surface area is 65.0 Å². The average Bonchev–Trinajstić information content (AvgIpc) is 1.77. The van der Waals surface area contributed by atoms with Crippen LogP contribution in [-0.4, -0.2) is 28.0 Å². The number of aliphatic hydroxyl groups excluding tert-OH is 1. The van der Waals surface area contributed by atoms with Gasteiger partial charge in [0.25, 0.3) is 0 Å². The second kappa shape index (κ2) is 3.39. The molecule has 0 heterocycles. The van der Waals surface area contributed by atoms with Crippen LogP contribution in [0.3, 0.4) is 0 Å². The molecule has 0 spiro atoms. The zero-order valence-corrected chi connectivity index (χ0v) is 6.86. The highest BCUT2D eigenvalue weighted by atomic mass is 32.2. The third kappa shape index (κ3) is 2.31. The predicted molar refractivity (Wildman–Crippen MR) is 42.2 cm³/mol. The quantitative estimate of drug-likeness (QED) is 0.664. The molecule has 1 unspecified atom stereocenters. The largest absolute Gasteiger partial charge is 0.393 e. The Morgan fingerprint density at radius 1 is 1.80 bits per heavy atom. The van der Waals surface area contributed by atoms with Crippen molar-refractivity contribution in [1.29, 1.82) is 0 Å². The van der Waals surface area contributed by atoms with Crippen molar-refractivity contribution in [2.45, 2.75) is 31.1 Å². The predicted octanol–water partition coefficient (Wildman–Crippen LogP) is 0.832. The molecule has 10 heavy (non-hydrogen) atoms. The van der Waals surface area contributed by atoms with E-state index in [1.165, 1.54) is 0 Å². The van der Waals surface area contributed by atoms with E-state index in [2.05, 4.69) is 0 Å². The van der Waals surface area contributed by atoms with Crippen molar-refractivity contribution >= 4 is 17.5 Å². The van der Waals surface area contributed by atoms with Gasteiger partial charge in [-0.1, -0.05) is 0 Å². The number of rotatable bonds is 3. The Morgan fingerprint density at radius 2 is 2.40 bits per heavy atom. The van der Waals surface area contributed by atoms with E-state index in [9.17, 15) is 4.79 Å². The first kappa shape index (κ1) is 8.08. The Morgan fingerprint density at radius 3 is 2.80 bits per heavy atom. The number of carbonyl (C=O) groups excluding carboxylic acids is 1. The fourth-order valence-electron chi connectivity index (χ4n) is 0.841. The average molecular weight is 160 g/mol. The Kier molecular flexibility index (Phi) is 2.74. The molecule has 0 aromatic heterocycles. The molecule has 1 fully saturated rings. The third-order valence-corrected chi connectivity index (χ3v) is 2.96. The van der Waals surface area contributed by atoms with Crippen molar-refractivity contribution in [1.82, 2.24) is 0 Å². The summed E-state index contributed by atoms with van der Waals surface area (Å²) in [6.07, 6.45) is 1.20. The van der Waals surface area contributed by atoms with Gasteiger partial charge in [-0.25, -0.2) is 0 Å². The van der Waals surface area contributed by atoms with Crippen LogP contribution in [0.4, 0.5) is 0 Å². The van der Waals surface area contributed by atoms with Crippen LogP contribution in [0.25, 0.3) is 0 Å². The summed E-state index contributed by atoms with van der Waals surface area (Å²) in [6, 6.07) is 0. The number of aliphatic hydroxyl groups is 1. The molecule has 1 saturated carbocycles. The van der Waals surface area contributed by atoms with Crippen molar-refractivity contribution in [3.8, 4) is 0 Å². The van der Waals surface area contributed by atoms with Crippen LogP contribution in [0.1, 0.15) is 19.8 Å². The van der Waals surface area contributed by atoms with Crippen LogP contribution in [0.15, 0.2) is 0 Å². The molecule has 58 valence electrons. The monoisotopic (exact) mass is 160 g/mol. The summed E-state index contributed by atoms with van der Waals surface area (Å²) in [5.74, 6) is 1.13. The van der Waals surface area contributed by atoms with Gasteiger partial charge >= 0.3 is 0 Å². The second-order valence-corrected chi connectivity index (χ2v) is 4.08. The Bertz CT molecular complexity index is 126. The minimum Gasteiger partial charge on any atom is -0.393 e. The summed E-state index contributed by atoms with van der Waals surface area (Å²) < 4.78 is 0. The van der Waals surface area contributed by atoms with E-state index in [0.717, 1.165) is 18.6 Å². The Hall–Kier alpha value is -0.0200. The van der Waals surface area contributed by atoms with Crippen LogP contribution in [-0.2, 0) is 4.79 Å². The lowest BCUT2D eigenvalue weighted by Crippen LogP contribution is -2.26. The smallest absolute Gasteiger partial charge is 0.135 e. The van der Waals surface area contributed by atoms with Crippen LogP contribution in [0.2, 0.25) is 0 Å². The molecule has 1 atom stereocenters. The maximum absolute atomic E-state index is 10.5. The van der Waals surface area contributed by atoms with Crippen molar-refractivity contribution in [2.75, 3.05) is 5.75 Å². The minimum atomic E-state index is -0.235. The maximum Gasteiger partial charge on any atom is 0.135 e. The number of carbonyl (C=O) groups is 1. The van der Waals surface area contributed by atoms with Gasteiger partial charge in [-0.05, 0) is 6.92 Å². The van der Waals surface area contributed by atoms with Crippen LogP contribution in [0.5, 0.6) is 0 Å². The number of thioether (sulfide) groups is 1. The van der Waals surface area contributed by atoms with Crippen LogP contribution < -0.4 is 0 Å². The lowest BCUT2D eigenvalue weighted by Gasteiger charge is -2.23. The highest BCUT2D eigenvalue weighted by molar-refractivity contribution is 8.00. The van der Waals surface area contributed by atoms with E-state index < -0.39 is 0 Å². The fraction of sp³-hybridized carbons (Fsp3) is 0.857. The molecule has 1 N–H and O–H groups in total. The third-order valence-electron chi connectivity index (χ3n) is 1.48. The van der Waals surface area contributed by atoms with Gasteiger partial charge in [0.05, 0.1) is 6.10 Å². The molecular weight excluding hydrogens is 148 g/mol. The normalized spacial score (nSPS) is 22.4. The van der Waals surface area contributed by atoms with Crippen molar-refractivity contribution in [3.63, 3.8) is 0 Å². The Balaban J connectivity index is 2.00. The molecule has 0 aromatic carbocycles. The van der Waals surface area contributed by atoms with E-state index in [4.69, 9.17) is 5.11 Å². The first-order valence-electron chi connectivity index (χ1n) is 3.50. The van der Waals surface area contributed by atoms with Gasteiger partial charge in [0.15, 0.2) is 0 Å². The fourth-order valence-corrected chi connectivity index (χ4v) is 2.00. The lowest BCUT2D eigenvalue weighted by atomic mass is 9.98. The lowest BCUT2D eigenvalue weighted by molar-refractivity contribution is -0.123. The number of hydrogen-bond acceptors (Lipinski definition) is 3. The van der Waals surface area contributed by atoms with E-state index in [1.807, 2.05) is 0 Å². The van der Waals surface area contributed by atoms with Gasteiger partial charge in [-0.15, -0.1) is 0 Å². The van der Waals surface area contributed by atoms with Gasteiger partial charge in [0, 0.05) is 23.8 Å². The molecule has 0 bridgehead atoms. The van der Waals surface area contributed by atoms with E-state index in [1.54, 1.807) is 18.7 Å². The number of ketones is 1. The van der Waals surface area contributed by atoms with Gasteiger partial charge in [-0.3, -0.25) is 4.79 Å². The summed E-state index contributed by atoms with van der Waals surface area (Å²) in [7, 11) is 0. The van der Waals surface area contributed by atoms with Crippen LogP contribution >= 0.6 is 11.8 Å². The molecule has 1 aliphatic carbocycles. The number of hydrogen-bond donors (Lipinski definition) is 1. The van der Waals surface area contributed by atoms with E-state index in [0.29, 0.717) is 11.0 Å². The van der Waals surface area contributed by atoms with Gasteiger partial charge in [0.1, 0.15) is 5.78 Å². The summed E-state index contributed by atoms with van der Waals surface area (Å²) in [5.41, 5.74) is 0. The molecular formula is C7H12O2S. The molecule has 0 saturated heterocycles. The minimum absolute atomic E-state index is 0.235. The van der Waals surface area contributed by atoms with Crippen molar-refractivity contribution < 1.29 is 9.90 Å². The van der Waals surface area contributed by atoms with E-state index >= 15 is 0 Å². The summed E-state index contributed by atoms with van der Waals surface area (Å²) in [4.78, 5) is 10.5. The summed E-state index contributed by atoms with van der Waals surface area (Å²) in [6.45, 7) is 1.77. The highest BCUT2D eigenvalue weighted by Crippen LogP contribution is 2.28. The molecule has 0 amide bonds. The standard InChI is InChI=1S/C7H12O2S/c1-5(8)4-10-7-2-6(9)3-7/h5,7-8H,2-4H2,1H3. The molecule has 2 nitrogen and oxygen atoms in total. The topological polar surface area (TPSA) is 37.3 Å². The summed E-state index contributed by atoms with van der Waals surface area (Å²) in [5, 5.41) is 9.38. The molecule has 3 heteroatoms. The first-order valence-corrected chi connectivity index (χ1v) is 4.54. The molecule has 0 radical (unpaired) electrons. The van der Waals surface area contributed by atoms with E-state index in [-0.39, 0.29) is 6.10 Å².